The van der Waals surface area contributed by atoms with Crippen LogP contribution in [-0.2, 0) is 19.6 Å². The van der Waals surface area contributed by atoms with E-state index in [0.29, 0.717) is 36.9 Å². The molecule has 3 heterocycles. The molecular formula is C15H21BrN2O4S2. The number of thiophene rings is 1. The number of halogens is 1. The highest BCUT2D eigenvalue weighted by atomic mass is 79.9. The third-order valence-corrected chi connectivity index (χ3v) is 8.39. The van der Waals surface area contributed by atoms with E-state index in [1.807, 2.05) is 11.8 Å². The molecule has 0 radical (unpaired) electrons. The smallest absolute Gasteiger partial charge is 0.252 e. The summed E-state index contributed by atoms with van der Waals surface area (Å²) in [4.78, 5) is 14.6. The molecule has 6 nitrogen and oxygen atoms in total. The van der Waals surface area contributed by atoms with E-state index in [9.17, 15) is 13.2 Å². The number of nitrogens with zero attached hydrogens (tertiary/aromatic N) is 2. The molecule has 0 N–H and O–H groups in total. The van der Waals surface area contributed by atoms with E-state index in [1.165, 1.54) is 15.6 Å². The molecule has 134 valence electrons. The number of morpholine rings is 1. The van der Waals surface area contributed by atoms with Crippen LogP contribution in [0.1, 0.15) is 19.8 Å². The minimum atomic E-state index is -3.52. The van der Waals surface area contributed by atoms with Gasteiger partial charge in [0.25, 0.3) is 10.0 Å². The van der Waals surface area contributed by atoms with Crippen LogP contribution < -0.4 is 0 Å². The molecule has 2 atom stereocenters. The maximum atomic E-state index is 12.8. The zero-order valence-electron chi connectivity index (χ0n) is 13.5. The van der Waals surface area contributed by atoms with Crippen LogP contribution in [0.15, 0.2) is 20.1 Å². The second-order valence-corrected chi connectivity index (χ2v) is 10.9. The van der Waals surface area contributed by atoms with Gasteiger partial charge in [0.1, 0.15) is 4.21 Å². The standard InChI is InChI=1S/C15H21BrN2O4S2/c1-11-9-17(7-8-22-11)15(19)12-3-2-6-18(10-12)24(20,21)14-5-4-13(16)23-14/h4-5,11-12H,2-3,6-10H2,1H3/t11-,12-/m1/s1. The number of amides is 1. The normalized spacial score (nSPS) is 26.5. The molecule has 24 heavy (non-hydrogen) atoms. The Morgan fingerprint density at radius 3 is 2.79 bits per heavy atom. The Labute approximate surface area is 154 Å². The fraction of sp³-hybridized carbons (Fsp3) is 0.667. The highest BCUT2D eigenvalue weighted by Gasteiger charge is 2.36. The number of carbonyl (C=O) groups is 1. The van der Waals surface area contributed by atoms with Gasteiger partial charge >= 0.3 is 0 Å². The van der Waals surface area contributed by atoms with E-state index in [2.05, 4.69) is 15.9 Å². The molecule has 0 aliphatic carbocycles. The molecule has 0 spiro atoms. The van der Waals surface area contributed by atoms with Gasteiger partial charge in [0.15, 0.2) is 0 Å². The van der Waals surface area contributed by atoms with Crippen molar-refractivity contribution in [3.8, 4) is 0 Å². The topological polar surface area (TPSA) is 66.9 Å². The van der Waals surface area contributed by atoms with Gasteiger partial charge in [-0.1, -0.05) is 0 Å². The van der Waals surface area contributed by atoms with E-state index < -0.39 is 10.0 Å². The van der Waals surface area contributed by atoms with Crippen LogP contribution in [0.2, 0.25) is 0 Å². The summed E-state index contributed by atoms with van der Waals surface area (Å²) in [6, 6.07) is 3.35. The highest BCUT2D eigenvalue weighted by molar-refractivity contribution is 9.11. The molecule has 0 aromatic carbocycles. The van der Waals surface area contributed by atoms with Gasteiger partial charge in [-0.15, -0.1) is 11.3 Å². The zero-order chi connectivity index (χ0) is 17.3. The summed E-state index contributed by atoms with van der Waals surface area (Å²) in [6.45, 7) is 4.41. The first-order valence-electron chi connectivity index (χ1n) is 8.04. The molecule has 0 unspecified atom stereocenters. The minimum absolute atomic E-state index is 0.0367. The molecule has 9 heteroatoms. The monoisotopic (exact) mass is 436 g/mol. The van der Waals surface area contributed by atoms with Crippen molar-refractivity contribution in [1.82, 2.24) is 9.21 Å². The quantitative estimate of drug-likeness (QED) is 0.727. The molecule has 1 aromatic rings. The first kappa shape index (κ1) is 18.3. The summed E-state index contributed by atoms with van der Waals surface area (Å²) >= 11 is 4.51. The minimum Gasteiger partial charge on any atom is -0.375 e. The van der Waals surface area contributed by atoms with Gasteiger partial charge in [-0.3, -0.25) is 4.79 Å². The average Bonchev–Trinajstić information content (AvgIpc) is 3.01. The Hall–Kier alpha value is -0.480. The fourth-order valence-electron chi connectivity index (χ4n) is 3.20. The Morgan fingerprint density at radius 2 is 2.12 bits per heavy atom. The molecule has 3 rings (SSSR count). The molecule has 1 amide bonds. The maximum absolute atomic E-state index is 12.8. The molecule has 1 aromatic heterocycles. The summed E-state index contributed by atoms with van der Waals surface area (Å²) in [5.41, 5.74) is 0. The van der Waals surface area contributed by atoms with E-state index in [0.717, 1.165) is 10.2 Å². The third kappa shape index (κ3) is 3.85. The van der Waals surface area contributed by atoms with Crippen molar-refractivity contribution in [2.75, 3.05) is 32.8 Å². The number of sulfonamides is 1. The van der Waals surface area contributed by atoms with E-state index >= 15 is 0 Å². The zero-order valence-corrected chi connectivity index (χ0v) is 16.7. The number of ether oxygens (including phenoxy) is 1. The van der Waals surface area contributed by atoms with Crippen molar-refractivity contribution in [2.24, 2.45) is 5.92 Å². The van der Waals surface area contributed by atoms with Gasteiger partial charge in [0, 0.05) is 26.2 Å². The number of piperidine rings is 1. The lowest BCUT2D eigenvalue weighted by Crippen LogP contribution is -2.51. The number of hydrogen-bond donors (Lipinski definition) is 0. The molecular weight excluding hydrogens is 416 g/mol. The summed E-state index contributed by atoms with van der Waals surface area (Å²) in [5, 5.41) is 0. The molecule has 2 aliphatic heterocycles. The van der Waals surface area contributed by atoms with Crippen LogP contribution in [0.4, 0.5) is 0 Å². The van der Waals surface area contributed by atoms with Crippen LogP contribution in [-0.4, -0.2) is 62.4 Å². The van der Waals surface area contributed by atoms with Gasteiger partial charge in [-0.05, 0) is 47.8 Å². The Balaban J connectivity index is 1.71. The number of hydrogen-bond acceptors (Lipinski definition) is 5. The maximum Gasteiger partial charge on any atom is 0.252 e. The van der Waals surface area contributed by atoms with E-state index in [1.54, 1.807) is 12.1 Å². The Morgan fingerprint density at radius 1 is 1.33 bits per heavy atom. The molecule has 2 saturated heterocycles. The predicted octanol–water partition coefficient (Wildman–Crippen LogP) is 2.16. The van der Waals surface area contributed by atoms with Gasteiger partial charge in [-0.25, -0.2) is 8.42 Å². The second-order valence-electron chi connectivity index (χ2n) is 6.23. The summed E-state index contributed by atoms with van der Waals surface area (Å²) < 4.78 is 33.6. The van der Waals surface area contributed by atoms with Gasteiger partial charge in [-0.2, -0.15) is 4.31 Å². The highest BCUT2D eigenvalue weighted by Crippen LogP contribution is 2.31. The molecule has 0 bridgehead atoms. The van der Waals surface area contributed by atoms with Gasteiger partial charge in [0.05, 0.1) is 22.4 Å². The van der Waals surface area contributed by atoms with Crippen LogP contribution in [0.5, 0.6) is 0 Å². The third-order valence-electron chi connectivity index (χ3n) is 4.43. The summed E-state index contributed by atoms with van der Waals surface area (Å²) in [7, 11) is -3.52. The molecule has 0 saturated carbocycles. The predicted molar refractivity (Wildman–Crippen MR) is 95.5 cm³/mol. The van der Waals surface area contributed by atoms with Crippen LogP contribution in [0, 0.1) is 5.92 Å². The Kier molecular flexibility index (Phi) is 5.65. The van der Waals surface area contributed by atoms with Gasteiger partial charge < -0.3 is 9.64 Å². The van der Waals surface area contributed by atoms with Crippen molar-refractivity contribution < 1.29 is 17.9 Å². The van der Waals surface area contributed by atoms with Crippen LogP contribution in [0.3, 0.4) is 0 Å². The first-order chi connectivity index (χ1) is 11.4. The van der Waals surface area contributed by atoms with Crippen LogP contribution in [0.25, 0.3) is 0 Å². The largest absolute Gasteiger partial charge is 0.375 e. The van der Waals surface area contributed by atoms with Crippen LogP contribution >= 0.6 is 27.3 Å². The number of carbonyl (C=O) groups excluding carboxylic acids is 1. The van der Waals surface area contributed by atoms with Crippen molar-refractivity contribution in [3.63, 3.8) is 0 Å². The van der Waals surface area contributed by atoms with Crippen molar-refractivity contribution in [2.45, 2.75) is 30.1 Å². The average molecular weight is 437 g/mol. The number of rotatable bonds is 3. The lowest BCUT2D eigenvalue weighted by Gasteiger charge is -2.37. The van der Waals surface area contributed by atoms with Crippen molar-refractivity contribution >= 4 is 43.2 Å². The summed E-state index contributed by atoms with van der Waals surface area (Å²) in [5.74, 6) is -0.209. The SMILES string of the molecule is C[C@@H]1CN(C(=O)[C@@H]2CCCN(S(=O)(=O)c3ccc(Br)s3)C2)CCO1. The van der Waals surface area contributed by atoms with Gasteiger partial charge in [0.2, 0.25) is 5.91 Å². The lowest BCUT2D eigenvalue weighted by molar-refractivity contribution is -0.143. The molecule has 2 aliphatic rings. The summed E-state index contributed by atoms with van der Waals surface area (Å²) in [6.07, 6.45) is 1.49. The van der Waals surface area contributed by atoms with E-state index in [-0.39, 0.29) is 24.5 Å². The van der Waals surface area contributed by atoms with Crippen molar-refractivity contribution in [3.05, 3.63) is 15.9 Å². The first-order valence-corrected chi connectivity index (χ1v) is 11.1. The lowest BCUT2D eigenvalue weighted by atomic mass is 9.97. The fourth-order valence-corrected chi connectivity index (χ4v) is 6.89. The second kappa shape index (κ2) is 7.41. The molecule has 2 fully saturated rings. The van der Waals surface area contributed by atoms with E-state index in [4.69, 9.17) is 4.74 Å². The van der Waals surface area contributed by atoms with Crippen molar-refractivity contribution in [1.29, 1.82) is 0 Å². The Bertz CT molecular complexity index is 706.